The Morgan fingerprint density at radius 2 is 1.71 bits per heavy atom. The molecule has 8 heteroatoms. The van der Waals surface area contributed by atoms with E-state index >= 15 is 0 Å². The van der Waals surface area contributed by atoms with Crippen molar-refractivity contribution < 1.29 is 0 Å². The quantitative estimate of drug-likeness (QED) is 0.126. The lowest BCUT2D eigenvalue weighted by atomic mass is 10.2. The van der Waals surface area contributed by atoms with E-state index in [0.29, 0.717) is 17.1 Å². The summed E-state index contributed by atoms with van der Waals surface area (Å²) in [6, 6.07) is 4.80. The average molecular weight is 199 g/mol. The molecular weight excluding hydrogens is 184 g/mol. The highest BCUT2D eigenvalue weighted by Gasteiger charge is 2.21. The van der Waals surface area contributed by atoms with Crippen molar-refractivity contribution in [1.82, 2.24) is 15.9 Å². The number of nitrogens with zero attached hydrogens (tertiary/aromatic N) is 1. The summed E-state index contributed by atoms with van der Waals surface area (Å²) in [6.07, 6.45) is 0. The van der Waals surface area contributed by atoms with Gasteiger partial charge in [0.25, 0.3) is 0 Å². The second-order valence-electron chi connectivity index (χ2n) is 2.85. The predicted molar refractivity (Wildman–Crippen MR) is 55.9 cm³/mol. The van der Waals surface area contributed by atoms with Gasteiger partial charge in [-0.3, -0.25) is 5.84 Å². The summed E-state index contributed by atoms with van der Waals surface area (Å²) in [5.74, 6) is 16.3. The molecular formula is C6H15N8+. The second kappa shape index (κ2) is 3.75. The van der Waals surface area contributed by atoms with Crippen LogP contribution in [0.15, 0.2) is 18.2 Å². The van der Waals surface area contributed by atoms with Crippen LogP contribution in [0.1, 0.15) is 0 Å². The van der Waals surface area contributed by atoms with E-state index in [9.17, 15) is 0 Å². The fourth-order valence-corrected chi connectivity index (χ4v) is 0.964. The standard InChI is InChI=1S/C6H15N8/c7-5-2-1-4(3-6(5)8)14(10,11)13-12-9/h1-3,12-13H,7-11H2/q+1. The molecule has 0 bridgehead atoms. The van der Waals surface area contributed by atoms with Crippen molar-refractivity contribution in [3.05, 3.63) is 18.2 Å². The first-order chi connectivity index (χ1) is 6.47. The summed E-state index contributed by atoms with van der Waals surface area (Å²) >= 11 is 0. The van der Waals surface area contributed by atoms with Crippen molar-refractivity contribution in [2.75, 3.05) is 11.5 Å². The van der Waals surface area contributed by atoms with Crippen molar-refractivity contribution >= 4 is 17.1 Å². The Labute approximate surface area is 81.1 Å². The molecule has 14 heavy (non-hydrogen) atoms. The topological polar surface area (TPSA) is 154 Å². The lowest BCUT2D eigenvalue weighted by Crippen LogP contribution is -2.75. The largest absolute Gasteiger partial charge is 0.397 e. The number of nitrogens with two attached hydrogens (primary N) is 5. The number of hydrogen-bond acceptors (Lipinski definition) is 7. The van der Waals surface area contributed by atoms with Gasteiger partial charge in [-0.2, -0.15) is 0 Å². The van der Waals surface area contributed by atoms with Crippen LogP contribution in [0.2, 0.25) is 0 Å². The Morgan fingerprint density at radius 1 is 1.07 bits per heavy atom. The molecule has 0 radical (unpaired) electrons. The highest BCUT2D eigenvalue weighted by Crippen LogP contribution is 2.21. The molecule has 1 rings (SSSR count). The highest BCUT2D eigenvalue weighted by atomic mass is 16.0. The SMILES string of the molecule is NNN[N+](N)(N)c1ccc(N)c(N)c1. The van der Waals surface area contributed by atoms with Crippen LogP contribution in [0.5, 0.6) is 0 Å². The van der Waals surface area contributed by atoms with Gasteiger partial charge in [0.2, 0.25) is 0 Å². The van der Waals surface area contributed by atoms with Gasteiger partial charge < -0.3 is 11.5 Å². The maximum Gasteiger partial charge on any atom is 0.195 e. The molecule has 0 aliphatic carbocycles. The van der Waals surface area contributed by atoms with E-state index in [2.05, 4.69) is 11.1 Å². The minimum absolute atomic E-state index is 0.403. The molecule has 0 aromatic heterocycles. The number of rotatable bonds is 3. The summed E-state index contributed by atoms with van der Waals surface area (Å²) in [5, 5.41) is 0. The van der Waals surface area contributed by atoms with Crippen LogP contribution in [0.3, 0.4) is 0 Å². The number of hydrazine groups is 2. The number of benzene rings is 1. The van der Waals surface area contributed by atoms with Crippen LogP contribution >= 0.6 is 0 Å². The summed E-state index contributed by atoms with van der Waals surface area (Å²) in [7, 11) is 0. The Morgan fingerprint density at radius 3 is 2.21 bits per heavy atom. The fraction of sp³-hybridized carbons (Fsp3) is 0. The molecule has 0 saturated heterocycles. The zero-order valence-corrected chi connectivity index (χ0v) is 7.57. The lowest BCUT2D eigenvalue weighted by molar-refractivity contribution is 0.161. The zero-order chi connectivity index (χ0) is 10.8. The third kappa shape index (κ3) is 2.09. The Bertz CT molecular complexity index is 322. The lowest BCUT2D eigenvalue weighted by Gasteiger charge is -2.24. The molecule has 1 aromatic carbocycles. The van der Waals surface area contributed by atoms with E-state index in [-0.39, 0.29) is 0 Å². The molecule has 0 amide bonds. The number of nitrogen functional groups attached to an aromatic ring is 2. The summed E-state index contributed by atoms with van der Waals surface area (Å²) in [5.41, 5.74) is 17.0. The second-order valence-corrected chi connectivity index (χ2v) is 2.85. The van der Waals surface area contributed by atoms with Gasteiger partial charge in [0.15, 0.2) is 5.69 Å². The summed E-state index contributed by atoms with van der Waals surface area (Å²) in [4.78, 5) is -0.638. The maximum atomic E-state index is 5.63. The molecule has 0 unspecified atom stereocenters. The van der Waals surface area contributed by atoms with E-state index in [1.165, 1.54) is 0 Å². The number of hydrogen-bond donors (Lipinski definition) is 7. The molecule has 12 N–H and O–H groups in total. The normalized spacial score (nSPS) is 11.6. The van der Waals surface area contributed by atoms with Crippen molar-refractivity contribution in [1.29, 1.82) is 0 Å². The van der Waals surface area contributed by atoms with Crippen molar-refractivity contribution in [2.24, 2.45) is 17.5 Å². The summed E-state index contributed by atoms with van der Waals surface area (Å²) in [6.45, 7) is 0. The molecule has 78 valence electrons. The van der Waals surface area contributed by atoms with Gasteiger partial charge in [0.05, 0.1) is 11.4 Å². The smallest absolute Gasteiger partial charge is 0.195 e. The van der Waals surface area contributed by atoms with Gasteiger partial charge in [-0.05, 0) is 11.6 Å². The van der Waals surface area contributed by atoms with Crippen LogP contribution in [0.25, 0.3) is 0 Å². The molecule has 0 atom stereocenters. The number of nitrogens with one attached hydrogen (secondary N) is 2. The monoisotopic (exact) mass is 199 g/mol. The van der Waals surface area contributed by atoms with Crippen molar-refractivity contribution in [3.8, 4) is 0 Å². The highest BCUT2D eigenvalue weighted by molar-refractivity contribution is 5.68. The van der Waals surface area contributed by atoms with Gasteiger partial charge in [0.1, 0.15) is 0 Å². The van der Waals surface area contributed by atoms with Crippen molar-refractivity contribution in [3.63, 3.8) is 0 Å². The molecule has 1 aromatic rings. The maximum absolute atomic E-state index is 5.63. The van der Waals surface area contributed by atoms with Gasteiger partial charge >= 0.3 is 0 Å². The van der Waals surface area contributed by atoms with E-state index in [0.717, 1.165) is 0 Å². The third-order valence-electron chi connectivity index (χ3n) is 1.75. The Hall–Kier alpha value is -1.42. The molecule has 0 fully saturated rings. The molecule has 0 aliphatic heterocycles. The van der Waals surface area contributed by atoms with Crippen LogP contribution in [-0.2, 0) is 0 Å². The van der Waals surface area contributed by atoms with E-state index in [1.807, 2.05) is 0 Å². The van der Waals surface area contributed by atoms with Gasteiger partial charge in [-0.15, -0.1) is 17.2 Å². The van der Waals surface area contributed by atoms with E-state index in [1.54, 1.807) is 18.2 Å². The van der Waals surface area contributed by atoms with Gasteiger partial charge in [-0.1, -0.05) is 4.81 Å². The molecule has 0 spiro atoms. The average Bonchev–Trinajstić information content (AvgIpc) is 2.09. The van der Waals surface area contributed by atoms with Crippen molar-refractivity contribution in [2.45, 2.75) is 0 Å². The minimum atomic E-state index is -0.638. The number of quaternary nitrogens is 1. The van der Waals surface area contributed by atoms with E-state index < -0.39 is 4.81 Å². The fourth-order valence-electron chi connectivity index (χ4n) is 0.964. The first kappa shape index (κ1) is 10.7. The first-order valence-corrected chi connectivity index (χ1v) is 3.82. The van der Waals surface area contributed by atoms with Crippen LogP contribution < -0.4 is 44.9 Å². The summed E-state index contributed by atoms with van der Waals surface area (Å²) < 4.78 is 0. The third-order valence-corrected chi connectivity index (χ3v) is 1.75. The van der Waals surface area contributed by atoms with Crippen LogP contribution in [-0.4, -0.2) is 0 Å². The van der Waals surface area contributed by atoms with E-state index in [4.69, 9.17) is 29.0 Å². The minimum Gasteiger partial charge on any atom is -0.397 e. The molecule has 0 aliphatic rings. The number of anilines is 2. The predicted octanol–water partition coefficient (Wildman–Crippen LogP) is -2.21. The molecule has 0 saturated carbocycles. The van der Waals surface area contributed by atoms with Gasteiger partial charge in [0, 0.05) is 12.1 Å². The van der Waals surface area contributed by atoms with Crippen LogP contribution in [0.4, 0.5) is 17.1 Å². The van der Waals surface area contributed by atoms with Crippen LogP contribution in [0, 0.1) is 0 Å². The Kier molecular flexibility index (Phi) is 2.86. The first-order valence-electron chi connectivity index (χ1n) is 3.82. The molecule has 0 heterocycles. The zero-order valence-electron chi connectivity index (χ0n) is 7.57. The molecule has 8 nitrogen and oxygen atoms in total. The van der Waals surface area contributed by atoms with Gasteiger partial charge in [-0.25, -0.2) is 0 Å². The Balaban J connectivity index is 3.01.